The third kappa shape index (κ3) is 7.70. The minimum atomic E-state index is -1.13. The van der Waals surface area contributed by atoms with E-state index in [9.17, 15) is 0 Å². The van der Waals surface area contributed by atoms with Gasteiger partial charge in [0.05, 0.1) is 0 Å². The van der Waals surface area contributed by atoms with E-state index in [1.54, 1.807) is 0 Å². The van der Waals surface area contributed by atoms with Crippen LogP contribution in [0.1, 0.15) is 11.1 Å². The second kappa shape index (κ2) is 9.54. The summed E-state index contributed by atoms with van der Waals surface area (Å²) < 4.78 is 7.09. The Morgan fingerprint density at radius 2 is 1.25 bits per heavy atom. The number of hydrogen-bond acceptors (Lipinski definition) is 1. The first-order chi connectivity index (χ1) is 11.5. The van der Waals surface area contributed by atoms with Gasteiger partial charge in [-0.1, -0.05) is 0 Å². The molecule has 0 radical (unpaired) electrons. The zero-order valence-corrected chi connectivity index (χ0v) is 15.9. The van der Waals surface area contributed by atoms with Gasteiger partial charge in [0.2, 0.25) is 0 Å². The summed E-state index contributed by atoms with van der Waals surface area (Å²) >= 11 is 0. The summed E-state index contributed by atoms with van der Waals surface area (Å²) in [5.74, 6) is 4.43. The molecule has 2 nitrogen and oxygen atoms in total. The molecule has 2 aromatic carbocycles. The van der Waals surface area contributed by atoms with E-state index in [-0.39, 0.29) is 0 Å². The Morgan fingerprint density at radius 1 is 0.792 bits per heavy atom. The van der Waals surface area contributed by atoms with Crippen LogP contribution in [0.3, 0.4) is 0 Å². The van der Waals surface area contributed by atoms with Gasteiger partial charge < -0.3 is 0 Å². The van der Waals surface area contributed by atoms with Crippen molar-refractivity contribution in [3.8, 4) is 0 Å². The molecule has 0 atom stereocenters. The molecule has 0 fully saturated rings. The molecule has 0 aliphatic carbocycles. The number of rotatable bonds is 8. The molecule has 0 saturated heterocycles. The summed E-state index contributed by atoms with van der Waals surface area (Å²) in [4.78, 5) is 0. The van der Waals surface area contributed by atoms with Crippen molar-refractivity contribution in [3.63, 3.8) is 0 Å². The molecule has 0 amide bonds. The molecule has 0 heterocycles. The molecule has 0 unspecified atom stereocenters. The summed E-state index contributed by atoms with van der Waals surface area (Å²) in [6.45, 7) is 1.78. The Balaban J connectivity index is 2.03. The number of nitrogens with zero attached hydrogens (tertiary/aromatic N) is 1. The number of benzene rings is 2. The SMILES string of the molecule is C[N+](C)(C)CCO[PH-](C=Cc1ccccc1)C=Cc1ccccc1. The second-order valence-electron chi connectivity index (χ2n) is 6.75. The number of quaternary nitrogens is 1. The van der Waals surface area contributed by atoms with E-state index >= 15 is 0 Å². The average Bonchev–Trinajstić information content (AvgIpc) is 2.57. The molecule has 0 aliphatic rings. The van der Waals surface area contributed by atoms with Gasteiger partial charge in [-0.15, -0.1) is 0 Å². The summed E-state index contributed by atoms with van der Waals surface area (Å²) in [5, 5.41) is 0. The molecule has 0 N–H and O–H groups in total. The topological polar surface area (TPSA) is 9.23 Å². The van der Waals surface area contributed by atoms with E-state index < -0.39 is 8.15 Å². The van der Waals surface area contributed by atoms with E-state index in [0.29, 0.717) is 0 Å². The van der Waals surface area contributed by atoms with Crippen molar-refractivity contribution < 1.29 is 9.01 Å². The Hall–Kier alpha value is -1.73. The van der Waals surface area contributed by atoms with Gasteiger partial charge in [0, 0.05) is 0 Å². The van der Waals surface area contributed by atoms with Gasteiger partial charge in [-0.3, -0.25) is 0 Å². The van der Waals surface area contributed by atoms with Crippen molar-refractivity contribution in [1.29, 1.82) is 0 Å². The Morgan fingerprint density at radius 3 is 1.67 bits per heavy atom. The third-order valence-electron chi connectivity index (χ3n) is 3.51. The van der Waals surface area contributed by atoms with Crippen LogP contribution < -0.4 is 0 Å². The monoisotopic (exact) mass is 341 g/mol. The van der Waals surface area contributed by atoms with Crippen molar-refractivity contribution in [2.45, 2.75) is 0 Å². The molecule has 0 spiro atoms. The van der Waals surface area contributed by atoms with Crippen LogP contribution in [0.5, 0.6) is 0 Å². The Labute approximate surface area is 147 Å². The number of hydrogen-bond donors (Lipinski definition) is 0. The van der Waals surface area contributed by atoms with Crippen LogP contribution in [0.15, 0.2) is 72.3 Å². The standard InChI is InChI=1S/C21H28NOP/c1-22(2,3)16-17-23-24(18-14-20-10-6-4-7-11-20)19-15-21-12-8-5-9-13-21/h4-15,18-19,24H,16-17H2,1-3H3. The molecule has 2 aromatic rings. The van der Waals surface area contributed by atoms with Gasteiger partial charge in [-0.05, 0) is 0 Å². The van der Waals surface area contributed by atoms with Crippen molar-refractivity contribution >= 4 is 20.3 Å². The van der Waals surface area contributed by atoms with Gasteiger partial charge in [0.25, 0.3) is 0 Å². The molecular formula is C21H28NOP. The van der Waals surface area contributed by atoms with Gasteiger partial charge in [0.1, 0.15) is 0 Å². The van der Waals surface area contributed by atoms with Crippen molar-refractivity contribution in [1.82, 2.24) is 0 Å². The van der Waals surface area contributed by atoms with Gasteiger partial charge in [-0.2, -0.15) is 0 Å². The van der Waals surface area contributed by atoms with Crippen LogP contribution in [-0.4, -0.2) is 38.8 Å². The number of likely N-dealkylation sites (N-methyl/N-ethyl adjacent to an activating group) is 1. The van der Waals surface area contributed by atoms with Crippen LogP contribution in [-0.2, 0) is 4.52 Å². The Bertz CT molecular complexity index is 595. The molecule has 0 saturated carbocycles. The first-order valence-electron chi connectivity index (χ1n) is 8.29. The fourth-order valence-electron chi connectivity index (χ4n) is 2.07. The second-order valence-corrected chi connectivity index (χ2v) is 8.51. The van der Waals surface area contributed by atoms with Gasteiger partial charge in [0.15, 0.2) is 0 Å². The van der Waals surface area contributed by atoms with Crippen LogP contribution in [0.25, 0.3) is 12.2 Å². The van der Waals surface area contributed by atoms with E-state index in [4.69, 9.17) is 4.52 Å². The first kappa shape index (κ1) is 18.6. The van der Waals surface area contributed by atoms with Crippen molar-refractivity contribution in [2.24, 2.45) is 0 Å². The fraction of sp³-hybridized carbons (Fsp3) is 0.238. The summed E-state index contributed by atoms with van der Waals surface area (Å²) in [5.41, 5.74) is 2.42. The maximum absolute atomic E-state index is 6.17. The molecule has 2 rings (SSSR count). The first-order valence-corrected chi connectivity index (χ1v) is 9.86. The van der Waals surface area contributed by atoms with E-state index in [0.717, 1.165) is 17.6 Å². The molecule has 0 aliphatic heterocycles. The van der Waals surface area contributed by atoms with Crippen LogP contribution >= 0.6 is 8.15 Å². The predicted octanol–water partition coefficient (Wildman–Crippen LogP) is 5.18. The van der Waals surface area contributed by atoms with E-state index in [1.807, 2.05) is 12.1 Å². The quantitative estimate of drug-likeness (QED) is 0.475. The van der Waals surface area contributed by atoms with Crippen LogP contribution in [0, 0.1) is 0 Å². The summed E-state index contributed by atoms with van der Waals surface area (Å²) in [7, 11) is 5.44. The molecule has 128 valence electrons. The van der Waals surface area contributed by atoms with E-state index in [1.165, 1.54) is 11.1 Å². The third-order valence-corrected chi connectivity index (χ3v) is 5.04. The van der Waals surface area contributed by atoms with Crippen LogP contribution in [0.2, 0.25) is 0 Å². The zero-order valence-electron chi connectivity index (χ0n) is 14.9. The van der Waals surface area contributed by atoms with E-state index in [2.05, 4.69) is 93.5 Å². The van der Waals surface area contributed by atoms with Gasteiger partial charge in [-0.25, -0.2) is 0 Å². The Kier molecular flexibility index (Phi) is 7.39. The summed E-state index contributed by atoms with van der Waals surface area (Å²) in [6.07, 6.45) is 4.32. The van der Waals surface area contributed by atoms with Gasteiger partial charge >= 0.3 is 147 Å². The molecule has 0 bridgehead atoms. The normalized spacial score (nSPS) is 14.4. The van der Waals surface area contributed by atoms with Crippen molar-refractivity contribution in [2.75, 3.05) is 34.3 Å². The maximum atomic E-state index is 6.17. The molecule has 24 heavy (non-hydrogen) atoms. The fourth-order valence-corrected chi connectivity index (χ4v) is 3.42. The zero-order chi connectivity index (χ0) is 17.3. The summed E-state index contributed by atoms with van der Waals surface area (Å²) in [6, 6.07) is 20.8. The molecular weight excluding hydrogens is 313 g/mol. The predicted molar refractivity (Wildman–Crippen MR) is 108 cm³/mol. The minimum absolute atomic E-state index is 0.774. The van der Waals surface area contributed by atoms with Crippen LogP contribution in [0.4, 0.5) is 0 Å². The average molecular weight is 341 g/mol. The molecule has 0 aromatic heterocycles. The van der Waals surface area contributed by atoms with Crippen molar-refractivity contribution in [3.05, 3.63) is 83.4 Å². The molecule has 3 heteroatoms.